The molecule has 1 heterocycles. The fourth-order valence-electron chi connectivity index (χ4n) is 4.00. The Hall–Kier alpha value is -2.42. The number of aliphatic hydroxyl groups is 1. The van der Waals surface area contributed by atoms with Gasteiger partial charge in [0.25, 0.3) is 0 Å². The van der Waals surface area contributed by atoms with Crippen molar-refractivity contribution < 1.29 is 5.11 Å². The first-order chi connectivity index (χ1) is 13.1. The molecule has 134 valence electrons. The van der Waals surface area contributed by atoms with Crippen molar-refractivity contribution in [1.29, 1.82) is 0 Å². The molecule has 0 amide bonds. The molecule has 5 aromatic rings. The van der Waals surface area contributed by atoms with Crippen molar-refractivity contribution >= 4 is 53.7 Å². The summed E-state index contributed by atoms with van der Waals surface area (Å²) >= 11 is 1.85. The first-order valence-corrected chi connectivity index (χ1v) is 10.3. The van der Waals surface area contributed by atoms with Gasteiger partial charge in [-0.05, 0) is 118 Å². The molecule has 0 atom stereocenters. The van der Waals surface area contributed by atoms with Gasteiger partial charge in [-0.1, -0.05) is 12.1 Å². The SMILES string of the molecule is Cc1cc2cc3cc4cc5cc(CCCO)sc5cc4cc3cc2cc1C. The Morgan fingerprint density at radius 2 is 1.11 bits per heavy atom. The maximum Gasteiger partial charge on any atom is 0.0434 e. The van der Waals surface area contributed by atoms with E-state index in [0.717, 1.165) is 12.8 Å². The van der Waals surface area contributed by atoms with Gasteiger partial charge in [-0.25, -0.2) is 0 Å². The number of hydrogen-bond acceptors (Lipinski definition) is 2. The van der Waals surface area contributed by atoms with Crippen molar-refractivity contribution in [1.82, 2.24) is 0 Å². The van der Waals surface area contributed by atoms with E-state index in [2.05, 4.69) is 68.4 Å². The summed E-state index contributed by atoms with van der Waals surface area (Å²) in [7, 11) is 0. The Kier molecular flexibility index (Phi) is 3.92. The van der Waals surface area contributed by atoms with Crippen LogP contribution >= 0.6 is 11.3 Å². The molecule has 1 aromatic heterocycles. The van der Waals surface area contributed by atoms with E-state index in [9.17, 15) is 0 Å². The number of aryl methyl sites for hydroxylation is 3. The fraction of sp³-hybridized carbons (Fsp3) is 0.200. The van der Waals surface area contributed by atoms with Crippen LogP contribution in [0.3, 0.4) is 0 Å². The van der Waals surface area contributed by atoms with Crippen LogP contribution in [-0.4, -0.2) is 11.7 Å². The van der Waals surface area contributed by atoms with Gasteiger partial charge in [0.2, 0.25) is 0 Å². The van der Waals surface area contributed by atoms with Crippen molar-refractivity contribution in [2.24, 2.45) is 0 Å². The van der Waals surface area contributed by atoms with E-state index in [1.807, 2.05) is 11.3 Å². The third-order valence-corrected chi connectivity index (χ3v) is 6.79. The summed E-state index contributed by atoms with van der Waals surface area (Å²) < 4.78 is 1.34. The Morgan fingerprint density at radius 3 is 1.67 bits per heavy atom. The zero-order valence-electron chi connectivity index (χ0n) is 15.7. The first-order valence-electron chi connectivity index (χ1n) is 9.52. The minimum Gasteiger partial charge on any atom is -0.396 e. The van der Waals surface area contributed by atoms with Crippen LogP contribution in [0.5, 0.6) is 0 Å². The predicted octanol–water partition coefficient (Wildman–Crippen LogP) is 6.90. The van der Waals surface area contributed by atoms with E-state index in [4.69, 9.17) is 5.11 Å². The molecule has 0 unspecified atom stereocenters. The van der Waals surface area contributed by atoms with Gasteiger partial charge in [0, 0.05) is 16.2 Å². The van der Waals surface area contributed by atoms with E-state index < -0.39 is 0 Å². The van der Waals surface area contributed by atoms with Gasteiger partial charge in [-0.2, -0.15) is 0 Å². The zero-order valence-corrected chi connectivity index (χ0v) is 16.5. The molecule has 0 bridgehead atoms. The highest BCUT2D eigenvalue weighted by atomic mass is 32.1. The van der Waals surface area contributed by atoms with Crippen LogP contribution in [-0.2, 0) is 6.42 Å². The van der Waals surface area contributed by atoms with Crippen LogP contribution in [0.25, 0.3) is 42.4 Å². The lowest BCUT2D eigenvalue weighted by Crippen LogP contribution is -1.84. The fourth-order valence-corrected chi connectivity index (χ4v) is 5.14. The second-order valence-electron chi connectivity index (χ2n) is 7.61. The molecule has 1 N–H and O–H groups in total. The van der Waals surface area contributed by atoms with Crippen LogP contribution in [0.4, 0.5) is 0 Å². The van der Waals surface area contributed by atoms with Crippen LogP contribution < -0.4 is 0 Å². The largest absolute Gasteiger partial charge is 0.396 e. The van der Waals surface area contributed by atoms with Gasteiger partial charge in [-0.3, -0.25) is 0 Å². The molecule has 0 fully saturated rings. The lowest BCUT2D eigenvalue weighted by molar-refractivity contribution is 0.289. The number of thiophene rings is 1. The van der Waals surface area contributed by atoms with E-state index in [1.54, 1.807) is 0 Å². The maximum absolute atomic E-state index is 9.08. The minimum atomic E-state index is 0.258. The van der Waals surface area contributed by atoms with Crippen molar-refractivity contribution in [3.63, 3.8) is 0 Å². The quantitative estimate of drug-likeness (QED) is 0.342. The van der Waals surface area contributed by atoms with Crippen LogP contribution in [0.15, 0.2) is 54.6 Å². The molecule has 4 aromatic carbocycles. The highest BCUT2D eigenvalue weighted by molar-refractivity contribution is 7.19. The summed E-state index contributed by atoms with van der Waals surface area (Å²) in [6.45, 7) is 4.62. The summed E-state index contributed by atoms with van der Waals surface area (Å²) in [5, 5.41) is 18.2. The second-order valence-corrected chi connectivity index (χ2v) is 8.78. The minimum absolute atomic E-state index is 0.258. The molecule has 1 nitrogen and oxygen atoms in total. The Balaban J connectivity index is 1.73. The lowest BCUT2D eigenvalue weighted by atomic mass is 9.97. The van der Waals surface area contributed by atoms with E-state index in [1.165, 1.54) is 58.4 Å². The predicted molar refractivity (Wildman–Crippen MR) is 119 cm³/mol. The van der Waals surface area contributed by atoms with Gasteiger partial charge >= 0.3 is 0 Å². The number of rotatable bonds is 3. The molecule has 0 saturated heterocycles. The topological polar surface area (TPSA) is 20.2 Å². The molecular formula is C25H22OS. The summed E-state index contributed by atoms with van der Waals surface area (Å²) in [6.07, 6.45) is 1.79. The number of fused-ring (bicyclic) bond motifs is 4. The number of hydrogen-bond donors (Lipinski definition) is 1. The van der Waals surface area contributed by atoms with Crippen molar-refractivity contribution in [2.75, 3.05) is 6.61 Å². The van der Waals surface area contributed by atoms with E-state index >= 15 is 0 Å². The number of aliphatic hydroxyl groups excluding tert-OH is 1. The Bertz CT molecular complexity index is 1230. The molecule has 27 heavy (non-hydrogen) atoms. The molecule has 0 saturated carbocycles. The summed E-state index contributed by atoms with van der Waals surface area (Å²) in [6, 6.07) is 20.8. The average molecular weight is 371 g/mol. The maximum atomic E-state index is 9.08. The lowest BCUT2D eigenvalue weighted by Gasteiger charge is -2.08. The van der Waals surface area contributed by atoms with Gasteiger partial charge in [0.1, 0.15) is 0 Å². The summed E-state index contributed by atoms with van der Waals surface area (Å²) in [5.41, 5.74) is 2.69. The molecule has 0 spiro atoms. The molecule has 0 aliphatic carbocycles. The van der Waals surface area contributed by atoms with Crippen LogP contribution in [0.2, 0.25) is 0 Å². The molecular weight excluding hydrogens is 348 g/mol. The zero-order chi connectivity index (χ0) is 18.5. The van der Waals surface area contributed by atoms with Crippen molar-refractivity contribution in [2.45, 2.75) is 26.7 Å². The van der Waals surface area contributed by atoms with Crippen LogP contribution in [0, 0.1) is 13.8 Å². The molecule has 0 radical (unpaired) electrons. The van der Waals surface area contributed by atoms with Crippen molar-refractivity contribution in [3.05, 3.63) is 70.6 Å². The van der Waals surface area contributed by atoms with Gasteiger partial charge < -0.3 is 5.11 Å². The smallest absolute Gasteiger partial charge is 0.0434 e. The average Bonchev–Trinajstić information content (AvgIpc) is 3.04. The van der Waals surface area contributed by atoms with Gasteiger partial charge in [-0.15, -0.1) is 11.3 Å². The first kappa shape index (κ1) is 16.7. The number of benzene rings is 4. The molecule has 0 aliphatic heterocycles. The summed E-state index contributed by atoms with van der Waals surface area (Å²) in [4.78, 5) is 1.36. The Morgan fingerprint density at radius 1 is 0.630 bits per heavy atom. The van der Waals surface area contributed by atoms with Crippen LogP contribution in [0.1, 0.15) is 22.4 Å². The standard InChI is InChI=1S/C25H22OS/c1-15-6-17-8-19-10-21-12-23-13-24(4-3-5-26)27-25(23)14-22(21)11-20(19)9-18(17)7-16(15)2/h6-14,26H,3-5H2,1-2H3. The molecule has 5 rings (SSSR count). The highest BCUT2D eigenvalue weighted by Crippen LogP contribution is 2.34. The van der Waals surface area contributed by atoms with Crippen molar-refractivity contribution in [3.8, 4) is 0 Å². The van der Waals surface area contributed by atoms with E-state index in [-0.39, 0.29) is 6.61 Å². The summed E-state index contributed by atoms with van der Waals surface area (Å²) in [5.74, 6) is 0. The molecule has 0 aliphatic rings. The van der Waals surface area contributed by atoms with Gasteiger partial charge in [0.15, 0.2) is 0 Å². The van der Waals surface area contributed by atoms with Gasteiger partial charge in [0.05, 0.1) is 0 Å². The monoisotopic (exact) mass is 370 g/mol. The highest BCUT2D eigenvalue weighted by Gasteiger charge is 2.07. The normalized spacial score (nSPS) is 12.0. The third-order valence-electron chi connectivity index (χ3n) is 5.63. The Labute approximate surface area is 162 Å². The van der Waals surface area contributed by atoms with E-state index in [0.29, 0.717) is 0 Å². The molecule has 2 heteroatoms. The second kappa shape index (κ2) is 6.33. The third kappa shape index (κ3) is 2.90.